The monoisotopic (exact) mass is 374 g/mol. The third-order valence-electron chi connectivity index (χ3n) is 4.12. The number of likely N-dealkylation sites (N-methyl/N-ethyl adjacent to an activating group) is 1. The fourth-order valence-corrected chi connectivity index (χ4v) is 2.83. The summed E-state index contributed by atoms with van der Waals surface area (Å²) in [6.07, 6.45) is 0. The Hall–Kier alpha value is -2.57. The van der Waals surface area contributed by atoms with Crippen LogP contribution in [-0.2, 0) is 4.79 Å². The lowest BCUT2D eigenvalue weighted by atomic mass is 10.1. The Labute approximate surface area is 156 Å². The first-order valence-corrected chi connectivity index (χ1v) is 8.48. The molecule has 0 N–H and O–H groups in total. The molecule has 0 radical (unpaired) electrons. The Kier molecular flexibility index (Phi) is 5.44. The number of anilines is 1. The van der Waals surface area contributed by atoms with E-state index in [0.29, 0.717) is 35.2 Å². The fourth-order valence-electron chi connectivity index (χ4n) is 2.70. The van der Waals surface area contributed by atoms with Gasteiger partial charge in [0.1, 0.15) is 18.1 Å². The molecule has 136 valence electrons. The van der Waals surface area contributed by atoms with Gasteiger partial charge in [0.25, 0.3) is 5.78 Å². The van der Waals surface area contributed by atoms with E-state index in [1.54, 1.807) is 49.6 Å². The average Bonchev–Trinajstić information content (AvgIpc) is 2.87. The van der Waals surface area contributed by atoms with Crippen molar-refractivity contribution in [1.29, 1.82) is 0 Å². The summed E-state index contributed by atoms with van der Waals surface area (Å²) < 4.78 is 10.9. The zero-order chi connectivity index (χ0) is 18.7. The number of fused-ring (bicyclic) bond motifs is 1. The molecule has 6 nitrogen and oxygen atoms in total. The van der Waals surface area contributed by atoms with E-state index in [1.165, 1.54) is 4.90 Å². The zero-order valence-corrected chi connectivity index (χ0v) is 15.3. The summed E-state index contributed by atoms with van der Waals surface area (Å²) in [6, 6.07) is 12.1. The van der Waals surface area contributed by atoms with Gasteiger partial charge in [-0.15, -0.1) is 0 Å². The van der Waals surface area contributed by atoms with Crippen molar-refractivity contribution in [3.05, 3.63) is 53.1 Å². The van der Waals surface area contributed by atoms with E-state index in [9.17, 15) is 9.59 Å². The van der Waals surface area contributed by atoms with Crippen LogP contribution in [-0.4, -0.2) is 50.6 Å². The number of Topliss-reactive ketones (excluding diaryl/α,β-unsaturated/α-hetero) is 1. The highest BCUT2D eigenvalue weighted by atomic mass is 35.5. The standard InChI is InChI=1S/C19H19ClN2O4/c1-21(9-10-26-14-5-3-13(20)4-6-14)12-22-17-11-15(25-2)7-8-16(17)18(23)19(22)24/h3-8,11H,9-10,12H2,1-2H3. The average molecular weight is 375 g/mol. The van der Waals surface area contributed by atoms with E-state index in [2.05, 4.69) is 0 Å². The van der Waals surface area contributed by atoms with Crippen molar-refractivity contribution >= 4 is 29.0 Å². The third kappa shape index (κ3) is 3.81. The van der Waals surface area contributed by atoms with Crippen LogP contribution in [0.4, 0.5) is 5.69 Å². The number of halogens is 1. The van der Waals surface area contributed by atoms with E-state index in [1.807, 2.05) is 11.9 Å². The van der Waals surface area contributed by atoms with Crippen LogP contribution in [0.25, 0.3) is 0 Å². The van der Waals surface area contributed by atoms with Crippen LogP contribution in [0, 0.1) is 0 Å². The highest BCUT2D eigenvalue weighted by Gasteiger charge is 2.36. The van der Waals surface area contributed by atoms with Gasteiger partial charge in [-0.25, -0.2) is 0 Å². The smallest absolute Gasteiger partial charge is 0.300 e. The lowest BCUT2D eigenvalue weighted by Crippen LogP contribution is -2.40. The SMILES string of the molecule is COc1ccc2c(c1)N(CN(C)CCOc1ccc(Cl)cc1)C(=O)C2=O. The molecular weight excluding hydrogens is 356 g/mol. The summed E-state index contributed by atoms with van der Waals surface area (Å²) in [7, 11) is 3.41. The van der Waals surface area contributed by atoms with Gasteiger partial charge in [0.2, 0.25) is 0 Å². The van der Waals surface area contributed by atoms with Crippen molar-refractivity contribution in [3.8, 4) is 11.5 Å². The topological polar surface area (TPSA) is 59.1 Å². The molecule has 0 saturated heterocycles. The molecule has 0 atom stereocenters. The van der Waals surface area contributed by atoms with Crippen molar-refractivity contribution in [2.75, 3.05) is 38.9 Å². The van der Waals surface area contributed by atoms with Crippen LogP contribution >= 0.6 is 11.6 Å². The van der Waals surface area contributed by atoms with Crippen LogP contribution in [0.2, 0.25) is 5.02 Å². The Bertz CT molecular complexity index is 823. The van der Waals surface area contributed by atoms with E-state index >= 15 is 0 Å². The second-order valence-corrected chi connectivity index (χ2v) is 6.41. The first-order chi connectivity index (χ1) is 12.5. The lowest BCUT2D eigenvalue weighted by Gasteiger charge is -2.24. The highest BCUT2D eigenvalue weighted by molar-refractivity contribution is 6.52. The molecule has 0 fully saturated rings. The number of carbonyl (C=O) groups excluding carboxylic acids is 2. The van der Waals surface area contributed by atoms with Crippen LogP contribution in [0.1, 0.15) is 10.4 Å². The van der Waals surface area contributed by atoms with Gasteiger partial charge in [0, 0.05) is 17.6 Å². The number of amides is 1. The van der Waals surface area contributed by atoms with Gasteiger partial charge in [-0.2, -0.15) is 0 Å². The summed E-state index contributed by atoms with van der Waals surface area (Å²) in [4.78, 5) is 27.8. The number of hydrogen-bond donors (Lipinski definition) is 0. The summed E-state index contributed by atoms with van der Waals surface area (Å²) in [5.74, 6) is 0.308. The molecular formula is C19H19ClN2O4. The second-order valence-electron chi connectivity index (χ2n) is 5.97. The quantitative estimate of drug-likeness (QED) is 0.697. The molecule has 1 heterocycles. The lowest BCUT2D eigenvalue weighted by molar-refractivity contribution is -0.114. The van der Waals surface area contributed by atoms with Gasteiger partial charge in [-0.05, 0) is 43.4 Å². The van der Waals surface area contributed by atoms with E-state index in [0.717, 1.165) is 5.75 Å². The van der Waals surface area contributed by atoms with Crippen LogP contribution in [0.15, 0.2) is 42.5 Å². The number of ether oxygens (including phenoxy) is 2. The van der Waals surface area contributed by atoms with Gasteiger partial charge in [-0.3, -0.25) is 19.4 Å². The summed E-state index contributed by atoms with van der Waals surface area (Å²) in [5.41, 5.74) is 0.978. The normalized spacial score (nSPS) is 13.3. The number of rotatable bonds is 7. The number of methoxy groups -OCH3 is 1. The van der Waals surface area contributed by atoms with Crippen molar-refractivity contribution in [1.82, 2.24) is 4.90 Å². The van der Waals surface area contributed by atoms with Crippen molar-refractivity contribution in [2.45, 2.75) is 0 Å². The molecule has 2 aromatic carbocycles. The van der Waals surface area contributed by atoms with Gasteiger partial charge in [0.05, 0.1) is 25.0 Å². The maximum absolute atomic E-state index is 12.3. The molecule has 0 saturated carbocycles. The highest BCUT2D eigenvalue weighted by Crippen LogP contribution is 2.32. The van der Waals surface area contributed by atoms with Crippen LogP contribution < -0.4 is 14.4 Å². The molecule has 3 rings (SSSR count). The molecule has 26 heavy (non-hydrogen) atoms. The molecule has 1 aliphatic heterocycles. The Morgan fingerprint density at radius 1 is 1.08 bits per heavy atom. The van der Waals surface area contributed by atoms with Gasteiger partial charge in [-0.1, -0.05) is 11.6 Å². The zero-order valence-electron chi connectivity index (χ0n) is 14.6. The van der Waals surface area contributed by atoms with Crippen LogP contribution in [0.5, 0.6) is 11.5 Å². The number of benzene rings is 2. The number of carbonyl (C=O) groups is 2. The van der Waals surface area contributed by atoms with E-state index in [-0.39, 0.29) is 6.67 Å². The molecule has 0 bridgehead atoms. The minimum Gasteiger partial charge on any atom is -0.497 e. The molecule has 7 heteroatoms. The summed E-state index contributed by atoms with van der Waals surface area (Å²) >= 11 is 5.84. The van der Waals surface area contributed by atoms with Gasteiger partial charge in [0.15, 0.2) is 0 Å². The molecule has 0 aromatic heterocycles. The predicted molar refractivity (Wildman–Crippen MR) is 99.3 cm³/mol. The van der Waals surface area contributed by atoms with Crippen molar-refractivity contribution in [3.63, 3.8) is 0 Å². The number of hydrogen-bond acceptors (Lipinski definition) is 5. The van der Waals surface area contributed by atoms with E-state index in [4.69, 9.17) is 21.1 Å². The largest absolute Gasteiger partial charge is 0.497 e. The minimum atomic E-state index is -0.529. The maximum atomic E-state index is 12.3. The third-order valence-corrected chi connectivity index (χ3v) is 4.37. The predicted octanol–water partition coefficient (Wildman–Crippen LogP) is 2.85. The summed E-state index contributed by atoms with van der Waals surface area (Å²) in [5, 5.41) is 0.653. The van der Waals surface area contributed by atoms with Crippen molar-refractivity contribution in [2.24, 2.45) is 0 Å². The Morgan fingerprint density at radius 3 is 2.46 bits per heavy atom. The minimum absolute atomic E-state index is 0.286. The summed E-state index contributed by atoms with van der Waals surface area (Å²) in [6.45, 7) is 1.31. The molecule has 0 spiro atoms. The maximum Gasteiger partial charge on any atom is 0.300 e. The van der Waals surface area contributed by atoms with Crippen molar-refractivity contribution < 1.29 is 19.1 Å². The first-order valence-electron chi connectivity index (χ1n) is 8.10. The van der Waals surface area contributed by atoms with E-state index < -0.39 is 11.7 Å². The Morgan fingerprint density at radius 2 is 1.77 bits per heavy atom. The fraction of sp³-hybridized carbons (Fsp3) is 0.263. The van der Waals surface area contributed by atoms with Gasteiger partial charge < -0.3 is 9.47 Å². The molecule has 1 aliphatic rings. The molecule has 0 aliphatic carbocycles. The number of ketones is 1. The molecule has 1 amide bonds. The molecule has 0 unspecified atom stereocenters. The molecule has 2 aromatic rings. The van der Waals surface area contributed by atoms with Crippen LogP contribution in [0.3, 0.4) is 0 Å². The first kappa shape index (κ1) is 18.2. The Balaban J connectivity index is 1.60. The van der Waals surface area contributed by atoms with Gasteiger partial charge >= 0.3 is 5.91 Å². The second kappa shape index (κ2) is 7.76. The number of nitrogens with zero attached hydrogens (tertiary/aromatic N) is 2.